The number of nitrogens with one attached hydrogen (secondary N) is 1. The van der Waals surface area contributed by atoms with Gasteiger partial charge in [-0.05, 0) is 32.4 Å². The van der Waals surface area contributed by atoms with Crippen LogP contribution in [0, 0.1) is 11.3 Å². The van der Waals surface area contributed by atoms with E-state index in [4.69, 9.17) is 10.00 Å². The van der Waals surface area contributed by atoms with E-state index < -0.39 is 24.0 Å². The number of esters is 1. The Morgan fingerprint density at radius 3 is 2.92 bits per heavy atom. The number of anilines is 1. The molecule has 0 unspecified atom stereocenters. The van der Waals surface area contributed by atoms with Crippen molar-refractivity contribution in [2.75, 3.05) is 11.1 Å². The summed E-state index contributed by atoms with van der Waals surface area (Å²) in [6.07, 6.45) is 0.0963. The number of amides is 2. The minimum absolute atomic E-state index is 0.0560. The third-order valence-electron chi connectivity index (χ3n) is 4.68. The first-order valence-corrected chi connectivity index (χ1v) is 9.31. The summed E-state index contributed by atoms with van der Waals surface area (Å²) in [6, 6.07) is 7.91. The van der Waals surface area contributed by atoms with Gasteiger partial charge in [0.15, 0.2) is 6.10 Å². The number of benzene rings is 1. The van der Waals surface area contributed by atoms with Gasteiger partial charge in [0.25, 0.3) is 5.91 Å². The van der Waals surface area contributed by atoms with Crippen molar-refractivity contribution in [3.8, 4) is 6.07 Å². The molecule has 3 atom stereocenters. The number of nitriles is 1. The molecule has 2 fully saturated rings. The fourth-order valence-electron chi connectivity index (χ4n) is 3.23. The molecule has 2 aliphatic rings. The molecule has 0 aromatic heterocycles. The summed E-state index contributed by atoms with van der Waals surface area (Å²) in [5, 5.41) is 11.7. The molecule has 2 heterocycles. The van der Waals surface area contributed by atoms with Crippen LogP contribution in [0.5, 0.6) is 0 Å². The Bertz CT molecular complexity index is 806. The predicted octanol–water partition coefficient (Wildman–Crippen LogP) is 1.88. The molecule has 1 aromatic rings. The number of nitrogens with zero attached hydrogens (tertiary/aromatic N) is 2. The summed E-state index contributed by atoms with van der Waals surface area (Å²) in [5.41, 5.74) is 0.687. The number of fused-ring (bicyclic) bond motifs is 1. The molecule has 8 heteroatoms. The highest BCUT2D eigenvalue weighted by molar-refractivity contribution is 8.01. The van der Waals surface area contributed by atoms with Crippen molar-refractivity contribution in [2.45, 2.75) is 43.7 Å². The lowest BCUT2D eigenvalue weighted by Gasteiger charge is -2.29. The molecule has 0 spiro atoms. The summed E-state index contributed by atoms with van der Waals surface area (Å²) < 4.78 is 5.30. The molecule has 0 radical (unpaired) electrons. The third kappa shape index (κ3) is 3.27. The fourth-order valence-corrected chi connectivity index (χ4v) is 4.64. The zero-order valence-electron chi connectivity index (χ0n) is 14.5. The van der Waals surface area contributed by atoms with Crippen LogP contribution in [-0.4, -0.2) is 45.5 Å². The highest BCUT2D eigenvalue weighted by Crippen LogP contribution is 2.47. The van der Waals surface area contributed by atoms with E-state index in [-0.39, 0.29) is 10.8 Å². The predicted molar refractivity (Wildman–Crippen MR) is 96.1 cm³/mol. The number of rotatable bonds is 4. The maximum atomic E-state index is 12.5. The Labute approximate surface area is 155 Å². The number of hydrogen-bond acceptors (Lipinski definition) is 6. The van der Waals surface area contributed by atoms with E-state index in [0.29, 0.717) is 29.8 Å². The van der Waals surface area contributed by atoms with Crippen LogP contribution in [0.3, 0.4) is 0 Å². The van der Waals surface area contributed by atoms with Gasteiger partial charge in [-0.1, -0.05) is 12.1 Å². The molecule has 1 N–H and O–H groups in total. The van der Waals surface area contributed by atoms with Crippen molar-refractivity contribution < 1.29 is 19.1 Å². The van der Waals surface area contributed by atoms with Crippen molar-refractivity contribution in [1.29, 1.82) is 5.26 Å². The number of carbonyl (C=O) groups is 3. The quantitative estimate of drug-likeness (QED) is 0.809. The van der Waals surface area contributed by atoms with Crippen LogP contribution in [0.15, 0.2) is 24.3 Å². The number of carbonyl (C=O) groups excluding carboxylic acids is 3. The summed E-state index contributed by atoms with van der Waals surface area (Å²) in [6.45, 7) is 3.42. The van der Waals surface area contributed by atoms with Gasteiger partial charge in [0.2, 0.25) is 5.91 Å². The fraction of sp³-hybridized carbons (Fsp3) is 0.444. The molecule has 136 valence electrons. The number of hydrogen-bond donors (Lipinski definition) is 1. The third-order valence-corrected chi connectivity index (χ3v) is 6.19. The molecule has 26 heavy (non-hydrogen) atoms. The van der Waals surface area contributed by atoms with Gasteiger partial charge in [-0.2, -0.15) is 5.26 Å². The average molecular weight is 373 g/mol. The Morgan fingerprint density at radius 2 is 2.19 bits per heavy atom. The van der Waals surface area contributed by atoms with Gasteiger partial charge in [0.05, 0.1) is 16.1 Å². The van der Waals surface area contributed by atoms with Gasteiger partial charge in [-0.15, -0.1) is 11.8 Å². The lowest BCUT2D eigenvalue weighted by Crippen LogP contribution is -2.48. The second kappa shape index (κ2) is 7.00. The van der Waals surface area contributed by atoms with E-state index in [9.17, 15) is 14.4 Å². The van der Waals surface area contributed by atoms with E-state index >= 15 is 0 Å². The highest BCUT2D eigenvalue weighted by Gasteiger charge is 2.53. The molecular formula is C18H19N3O4S. The van der Waals surface area contributed by atoms with Crippen molar-refractivity contribution in [3.63, 3.8) is 0 Å². The number of ether oxygens (including phenoxy) is 1. The molecule has 2 amide bonds. The van der Waals surface area contributed by atoms with E-state index in [2.05, 4.69) is 5.32 Å². The van der Waals surface area contributed by atoms with Crippen LogP contribution in [0.4, 0.5) is 5.69 Å². The van der Waals surface area contributed by atoms with Gasteiger partial charge in [0, 0.05) is 12.2 Å². The lowest BCUT2D eigenvalue weighted by atomic mass is 10.2. The zero-order valence-corrected chi connectivity index (χ0v) is 15.3. The maximum absolute atomic E-state index is 12.5. The lowest BCUT2D eigenvalue weighted by molar-refractivity contribution is -0.160. The Hall–Kier alpha value is -2.53. The van der Waals surface area contributed by atoms with Crippen LogP contribution in [-0.2, 0) is 19.1 Å². The molecule has 1 aromatic carbocycles. The average Bonchev–Trinajstić information content (AvgIpc) is 3.11. The van der Waals surface area contributed by atoms with Crippen LogP contribution in [0.2, 0.25) is 0 Å². The smallest absolute Gasteiger partial charge is 0.330 e. The van der Waals surface area contributed by atoms with Gasteiger partial charge in [-0.25, -0.2) is 4.79 Å². The van der Waals surface area contributed by atoms with E-state index in [1.807, 2.05) is 13.0 Å². The first-order chi connectivity index (χ1) is 12.4. The molecule has 2 saturated heterocycles. The number of thioether (sulfide) groups is 1. The van der Waals surface area contributed by atoms with Gasteiger partial charge < -0.3 is 15.0 Å². The van der Waals surface area contributed by atoms with Crippen LogP contribution in [0.25, 0.3) is 0 Å². The molecule has 0 bridgehead atoms. The zero-order chi connectivity index (χ0) is 18.9. The second-order valence-corrected chi connectivity index (χ2v) is 7.99. The summed E-state index contributed by atoms with van der Waals surface area (Å²) in [5.74, 6) is -0.693. The minimum atomic E-state index is -1.04. The molecule has 0 aliphatic carbocycles. The van der Waals surface area contributed by atoms with Crippen LogP contribution in [0.1, 0.15) is 32.3 Å². The van der Waals surface area contributed by atoms with E-state index in [1.54, 1.807) is 40.9 Å². The van der Waals surface area contributed by atoms with Gasteiger partial charge >= 0.3 is 5.97 Å². The first kappa shape index (κ1) is 18.3. The van der Waals surface area contributed by atoms with Crippen molar-refractivity contribution >= 4 is 35.2 Å². The molecule has 0 saturated carbocycles. The van der Waals surface area contributed by atoms with Crippen LogP contribution < -0.4 is 5.32 Å². The maximum Gasteiger partial charge on any atom is 0.330 e. The Morgan fingerprint density at radius 1 is 1.46 bits per heavy atom. The van der Waals surface area contributed by atoms with Gasteiger partial charge in [0.1, 0.15) is 12.1 Å². The molecule has 2 aliphatic heterocycles. The first-order valence-electron chi connectivity index (χ1n) is 8.32. The van der Waals surface area contributed by atoms with Crippen molar-refractivity contribution in [3.05, 3.63) is 29.8 Å². The van der Waals surface area contributed by atoms with Crippen molar-refractivity contribution in [1.82, 2.24) is 4.90 Å². The normalized spacial score (nSPS) is 25.3. The monoisotopic (exact) mass is 373 g/mol. The second-order valence-electron chi connectivity index (χ2n) is 6.49. The topological polar surface area (TPSA) is 99.5 Å². The van der Waals surface area contributed by atoms with Crippen LogP contribution >= 0.6 is 11.8 Å². The Kier molecular flexibility index (Phi) is 4.92. The van der Waals surface area contributed by atoms with E-state index in [1.165, 1.54) is 6.92 Å². The summed E-state index contributed by atoms with van der Waals surface area (Å²) in [7, 11) is 0. The minimum Gasteiger partial charge on any atom is -0.451 e. The number of para-hydroxylation sites is 1. The Balaban J connectivity index is 1.63. The summed E-state index contributed by atoms with van der Waals surface area (Å²) >= 11 is 1.57. The molecule has 3 rings (SSSR count). The van der Waals surface area contributed by atoms with E-state index in [0.717, 1.165) is 0 Å². The summed E-state index contributed by atoms with van der Waals surface area (Å²) in [4.78, 5) is 38.1. The SMILES string of the molecule is C[C@@H](OC(=O)[C@H]1CS[C@@]2(C)CCC(=O)N12)C(=O)Nc1ccccc1C#N. The highest BCUT2D eigenvalue weighted by atomic mass is 32.2. The molecular weight excluding hydrogens is 354 g/mol. The standard InChI is InChI=1S/C18H19N3O4S/c1-11(16(23)20-13-6-4-3-5-12(13)9-19)25-17(24)14-10-26-18(2)8-7-15(22)21(14)18/h3-6,11,14H,7-8,10H2,1-2H3,(H,20,23)/t11-,14-,18+/m1/s1. The van der Waals surface area contributed by atoms with Crippen molar-refractivity contribution in [2.24, 2.45) is 0 Å². The molecule has 7 nitrogen and oxygen atoms in total. The van der Waals surface area contributed by atoms with Gasteiger partial charge in [-0.3, -0.25) is 9.59 Å². The largest absolute Gasteiger partial charge is 0.451 e.